The molecule has 10 aliphatic heterocycles. The van der Waals surface area contributed by atoms with E-state index in [0.717, 1.165) is 49.7 Å². The highest BCUT2D eigenvalue weighted by Gasteiger charge is 2.68. The first-order valence-corrected chi connectivity index (χ1v) is 19.2. The van der Waals surface area contributed by atoms with Crippen molar-refractivity contribution in [2.45, 2.75) is 187 Å². The van der Waals surface area contributed by atoms with E-state index in [-0.39, 0.29) is 92.1 Å². The van der Waals surface area contributed by atoms with Crippen LogP contribution in [0, 0.1) is 5.92 Å². The van der Waals surface area contributed by atoms with E-state index < -0.39 is 36.3 Å². The van der Waals surface area contributed by atoms with Gasteiger partial charge in [-0.1, -0.05) is 20.1 Å². The number of carbonyl (C=O) groups excluding carboxylic acids is 1. The fourth-order valence-corrected chi connectivity index (χ4v) is 10.6. The second-order valence-electron chi connectivity index (χ2n) is 16.4. The zero-order valence-corrected chi connectivity index (χ0v) is 29.4. The molecule has 0 aromatic rings. The molecule has 0 aliphatic carbocycles. The molecule has 0 amide bonds. The van der Waals surface area contributed by atoms with Crippen molar-refractivity contribution in [2.75, 3.05) is 13.7 Å². The van der Waals surface area contributed by atoms with Crippen molar-refractivity contribution >= 4 is 5.97 Å². The monoisotopic (exact) mass is 702 g/mol. The molecule has 2 unspecified atom stereocenters. The zero-order chi connectivity index (χ0) is 34.3. The number of fused-ring (bicyclic) bond motifs is 6. The highest BCUT2D eigenvalue weighted by Crippen LogP contribution is 2.54. The first kappa shape index (κ1) is 34.3. The van der Waals surface area contributed by atoms with Gasteiger partial charge in [0, 0.05) is 33.0 Å². The van der Waals surface area contributed by atoms with Crippen LogP contribution in [0.3, 0.4) is 0 Å². The lowest BCUT2D eigenvalue weighted by Crippen LogP contribution is -2.61. The molecule has 10 saturated heterocycles. The molecule has 10 rings (SSSR count). The fourth-order valence-electron chi connectivity index (χ4n) is 10.6. The van der Waals surface area contributed by atoms with Gasteiger partial charge in [-0.05, 0) is 68.4 Å². The summed E-state index contributed by atoms with van der Waals surface area (Å²) in [5.41, 5.74) is 2.15. The lowest BCUT2D eigenvalue weighted by atomic mass is 9.84. The van der Waals surface area contributed by atoms with Gasteiger partial charge in [0.05, 0.1) is 55.3 Å². The topological polar surface area (TPSA) is 130 Å². The average Bonchev–Trinajstić information content (AvgIpc) is 3.76. The molecule has 18 atom stereocenters. The Kier molecular flexibility index (Phi) is 9.23. The van der Waals surface area contributed by atoms with E-state index in [0.29, 0.717) is 32.1 Å². The van der Waals surface area contributed by atoms with E-state index in [1.807, 2.05) is 0 Å². The fraction of sp³-hybridized carbons (Fsp3) is 0.868. The normalized spacial score (nSPS) is 53.2. The zero-order valence-electron chi connectivity index (χ0n) is 29.4. The smallest absolute Gasteiger partial charge is 0.308 e. The van der Waals surface area contributed by atoms with Crippen LogP contribution in [0.2, 0.25) is 0 Å². The molecule has 12 heteroatoms. The lowest BCUT2D eigenvalue weighted by molar-refractivity contribution is -0.293. The van der Waals surface area contributed by atoms with Gasteiger partial charge >= 0.3 is 5.97 Å². The Bertz CT molecular complexity index is 1320. The number of hydrogen-bond donors (Lipinski definition) is 1. The molecule has 10 heterocycles. The van der Waals surface area contributed by atoms with Gasteiger partial charge in [0.15, 0.2) is 11.9 Å². The Hall–Kier alpha value is -1.45. The van der Waals surface area contributed by atoms with Crippen molar-refractivity contribution in [3.05, 3.63) is 24.3 Å². The predicted molar refractivity (Wildman–Crippen MR) is 175 cm³/mol. The van der Waals surface area contributed by atoms with Crippen molar-refractivity contribution in [2.24, 2.45) is 5.92 Å². The minimum atomic E-state index is -0.794. The molecule has 0 aromatic heterocycles. The van der Waals surface area contributed by atoms with Gasteiger partial charge in [-0.3, -0.25) is 4.79 Å². The number of carbonyl (C=O) groups is 1. The first-order valence-electron chi connectivity index (χ1n) is 19.2. The maximum absolute atomic E-state index is 13.7. The maximum atomic E-state index is 13.7. The van der Waals surface area contributed by atoms with Crippen LogP contribution in [0.25, 0.3) is 0 Å². The summed E-state index contributed by atoms with van der Waals surface area (Å²) in [4.78, 5) is 13.7. The third-order valence-corrected chi connectivity index (χ3v) is 13.1. The predicted octanol–water partition coefficient (Wildman–Crippen LogP) is 3.45. The molecule has 10 fully saturated rings. The molecule has 12 nitrogen and oxygen atoms in total. The molecular formula is C38H54O12. The summed E-state index contributed by atoms with van der Waals surface area (Å²) in [6.45, 7) is 11.0. The van der Waals surface area contributed by atoms with Gasteiger partial charge in [-0.25, -0.2) is 0 Å². The van der Waals surface area contributed by atoms with Crippen LogP contribution in [-0.2, 0) is 52.2 Å². The molecule has 12 bridgehead atoms. The number of ether oxygens (including phenoxy) is 10. The van der Waals surface area contributed by atoms with Crippen LogP contribution in [0.15, 0.2) is 24.3 Å². The molecule has 0 saturated carbocycles. The van der Waals surface area contributed by atoms with E-state index >= 15 is 0 Å². The summed E-state index contributed by atoms with van der Waals surface area (Å²) >= 11 is 0. The Balaban J connectivity index is 0.994. The van der Waals surface area contributed by atoms with E-state index in [2.05, 4.69) is 20.1 Å². The Morgan fingerprint density at radius 2 is 1.52 bits per heavy atom. The molecule has 0 radical (unpaired) electrons. The standard InChI is InChI=1S/C38H54O12/c1-18-13-21-5-7-24-19(2)14-23(42-24)9-11-38-17-29-34(49-38)35-36(47-29)37(50-38)32-25(46-35)8-6-22(44-32)15-30(40)48-33-28(16-27(43-21)20(18)3)45-26(10-12-39)31(33)41-4/h18,21-29,31-37,39H,2-3,5-17H2,1,4H3/t18-,21+,22-,23+,24+,25+,26+,27-,28+,29?,31+,32+,33+,34+,35?,36-,37+,38+/m1/s1. The summed E-state index contributed by atoms with van der Waals surface area (Å²) in [6, 6.07) is 0. The Morgan fingerprint density at radius 1 is 0.760 bits per heavy atom. The van der Waals surface area contributed by atoms with Crippen molar-refractivity contribution in [3.8, 4) is 0 Å². The number of rotatable bonds is 3. The highest BCUT2D eigenvalue weighted by atomic mass is 16.8. The summed E-state index contributed by atoms with van der Waals surface area (Å²) in [5, 5.41) is 9.83. The van der Waals surface area contributed by atoms with E-state index in [9.17, 15) is 9.90 Å². The number of methoxy groups -OCH3 is 1. The van der Waals surface area contributed by atoms with Gasteiger partial charge < -0.3 is 52.5 Å². The third-order valence-electron chi connectivity index (χ3n) is 13.1. The van der Waals surface area contributed by atoms with Crippen LogP contribution >= 0.6 is 0 Å². The van der Waals surface area contributed by atoms with Crippen LogP contribution < -0.4 is 0 Å². The summed E-state index contributed by atoms with van der Waals surface area (Å²) in [7, 11) is 1.60. The lowest BCUT2D eigenvalue weighted by Gasteiger charge is -2.47. The number of aliphatic hydroxyl groups is 1. The van der Waals surface area contributed by atoms with Crippen molar-refractivity contribution < 1.29 is 57.3 Å². The van der Waals surface area contributed by atoms with E-state index in [1.165, 1.54) is 0 Å². The molecular weight excluding hydrogens is 648 g/mol. The number of esters is 1. The van der Waals surface area contributed by atoms with Gasteiger partial charge in [0.25, 0.3) is 0 Å². The van der Waals surface area contributed by atoms with Crippen LogP contribution in [0.4, 0.5) is 0 Å². The summed E-state index contributed by atoms with van der Waals surface area (Å²) in [5.74, 6) is -0.905. The molecule has 1 spiro atoms. The minimum absolute atomic E-state index is 0.0223. The minimum Gasteiger partial charge on any atom is -0.457 e. The Morgan fingerprint density at radius 3 is 2.36 bits per heavy atom. The van der Waals surface area contributed by atoms with Crippen molar-refractivity contribution in [1.29, 1.82) is 0 Å². The molecule has 278 valence electrons. The second-order valence-corrected chi connectivity index (χ2v) is 16.4. The van der Waals surface area contributed by atoms with Crippen molar-refractivity contribution in [1.82, 2.24) is 0 Å². The largest absolute Gasteiger partial charge is 0.457 e. The molecule has 10 aliphatic rings. The maximum Gasteiger partial charge on any atom is 0.308 e. The van der Waals surface area contributed by atoms with Gasteiger partial charge in [-0.2, -0.15) is 0 Å². The van der Waals surface area contributed by atoms with Gasteiger partial charge in [-0.15, -0.1) is 0 Å². The second kappa shape index (κ2) is 13.4. The molecule has 1 N–H and O–H groups in total. The molecule has 50 heavy (non-hydrogen) atoms. The molecule has 0 aromatic carbocycles. The first-order chi connectivity index (χ1) is 24.2. The van der Waals surface area contributed by atoms with Gasteiger partial charge in [0.1, 0.15) is 42.7 Å². The third kappa shape index (κ3) is 6.03. The summed E-state index contributed by atoms with van der Waals surface area (Å²) in [6.07, 6.45) is 3.51. The number of aliphatic hydroxyl groups excluding tert-OH is 1. The number of hydrogen-bond acceptors (Lipinski definition) is 12. The Labute approximate surface area is 294 Å². The average molecular weight is 703 g/mol. The van der Waals surface area contributed by atoms with E-state index in [4.69, 9.17) is 47.4 Å². The van der Waals surface area contributed by atoms with Gasteiger partial charge in [0.2, 0.25) is 0 Å². The quantitative estimate of drug-likeness (QED) is 0.342. The van der Waals surface area contributed by atoms with Crippen LogP contribution in [0.5, 0.6) is 0 Å². The highest BCUT2D eigenvalue weighted by molar-refractivity contribution is 5.70. The van der Waals surface area contributed by atoms with Crippen LogP contribution in [0.1, 0.15) is 84.0 Å². The van der Waals surface area contributed by atoms with Crippen LogP contribution in [-0.4, -0.2) is 128 Å². The summed E-state index contributed by atoms with van der Waals surface area (Å²) < 4.78 is 65.5. The van der Waals surface area contributed by atoms with E-state index in [1.54, 1.807) is 7.11 Å². The SMILES string of the molecule is C=C1C[C@@H]2CC[C@@]34CC5O[C@@H]6C(O[C@H]7CC[C@H](CC(=O)O[C@@H]8[C@@H](OC)[C@H](CCO)O[C@H]8C[C@H]8O[C@@H](CC[C@@H]1O2)C[C@@H](C)C8=C)O[C@@H]7[C@@H]6O3)[C@H]5O4. The van der Waals surface area contributed by atoms with Crippen molar-refractivity contribution in [3.63, 3.8) is 0 Å².